The van der Waals surface area contributed by atoms with E-state index < -0.39 is 0 Å². The summed E-state index contributed by atoms with van der Waals surface area (Å²) in [7, 11) is 1.73. The maximum atomic E-state index is 9.15. The average Bonchev–Trinajstić information content (AvgIpc) is 2.94. The molecule has 1 aromatic carbocycles. The first-order valence-corrected chi connectivity index (χ1v) is 7.93. The lowest BCUT2D eigenvalue weighted by Gasteiger charge is -2.23. The van der Waals surface area contributed by atoms with Gasteiger partial charge in [-0.25, -0.2) is 4.98 Å². The quantitative estimate of drug-likeness (QED) is 0.861. The lowest BCUT2D eigenvalue weighted by Crippen LogP contribution is -2.30. The van der Waals surface area contributed by atoms with Crippen LogP contribution in [0.3, 0.4) is 0 Å². The lowest BCUT2D eigenvalue weighted by atomic mass is 9.99. The highest BCUT2D eigenvalue weighted by Gasteiger charge is 2.22. The first-order chi connectivity index (χ1) is 10.8. The molecular weight excluding hydrogens is 276 g/mol. The maximum Gasteiger partial charge on any atom is 0.114 e. The summed E-state index contributed by atoms with van der Waals surface area (Å²) in [6, 6.07) is 7.98. The Morgan fingerprint density at radius 3 is 3.14 bits per heavy atom. The van der Waals surface area contributed by atoms with Crippen molar-refractivity contribution in [1.29, 1.82) is 5.26 Å². The summed E-state index contributed by atoms with van der Waals surface area (Å²) in [5.41, 5.74) is 2.74. The molecule has 116 valence electrons. The molecule has 1 saturated heterocycles. The van der Waals surface area contributed by atoms with Crippen LogP contribution in [-0.2, 0) is 11.3 Å². The zero-order valence-corrected chi connectivity index (χ0v) is 13.0. The Labute approximate surface area is 130 Å². The van der Waals surface area contributed by atoms with Crippen molar-refractivity contribution in [3.63, 3.8) is 0 Å². The minimum absolute atomic E-state index is 0.453. The van der Waals surface area contributed by atoms with Gasteiger partial charge in [0, 0.05) is 32.7 Å². The summed E-state index contributed by atoms with van der Waals surface area (Å²) in [5, 5.41) is 12.6. The summed E-state index contributed by atoms with van der Waals surface area (Å²) in [5.74, 6) is 1.60. The molecular formula is C17H22N4O. The van der Waals surface area contributed by atoms with E-state index in [1.54, 1.807) is 7.11 Å². The number of rotatable bonds is 5. The third-order valence-corrected chi connectivity index (χ3v) is 4.30. The number of benzene rings is 1. The molecule has 0 amide bonds. The van der Waals surface area contributed by atoms with Crippen LogP contribution in [0.1, 0.15) is 36.6 Å². The largest absolute Gasteiger partial charge is 0.385 e. The van der Waals surface area contributed by atoms with E-state index in [1.807, 2.05) is 18.2 Å². The number of methoxy groups -OCH3 is 1. The Kier molecular flexibility index (Phi) is 4.71. The van der Waals surface area contributed by atoms with Gasteiger partial charge in [0.05, 0.1) is 22.7 Å². The summed E-state index contributed by atoms with van der Waals surface area (Å²) in [4.78, 5) is 4.86. The van der Waals surface area contributed by atoms with Crippen molar-refractivity contribution < 1.29 is 4.74 Å². The number of nitriles is 1. The van der Waals surface area contributed by atoms with E-state index in [1.165, 1.54) is 12.8 Å². The van der Waals surface area contributed by atoms with Gasteiger partial charge in [-0.3, -0.25) is 0 Å². The minimum Gasteiger partial charge on any atom is -0.385 e. The van der Waals surface area contributed by atoms with Crippen molar-refractivity contribution >= 4 is 11.0 Å². The molecule has 2 aromatic rings. The number of aromatic nitrogens is 2. The molecule has 2 heterocycles. The van der Waals surface area contributed by atoms with E-state index in [4.69, 9.17) is 15.0 Å². The second kappa shape index (κ2) is 6.91. The Hall–Kier alpha value is -1.90. The molecule has 0 spiro atoms. The zero-order chi connectivity index (χ0) is 15.4. The Morgan fingerprint density at radius 1 is 1.50 bits per heavy atom. The molecule has 0 aliphatic carbocycles. The Bertz CT molecular complexity index is 680. The number of fused-ring (bicyclic) bond motifs is 1. The lowest BCUT2D eigenvalue weighted by molar-refractivity contribution is 0.190. The van der Waals surface area contributed by atoms with Crippen LogP contribution in [0, 0.1) is 11.3 Å². The number of piperidine rings is 1. The van der Waals surface area contributed by atoms with Gasteiger partial charge in [0.15, 0.2) is 0 Å². The molecule has 5 heteroatoms. The number of ether oxygens (including phenoxy) is 1. The van der Waals surface area contributed by atoms with E-state index in [0.29, 0.717) is 11.5 Å². The van der Waals surface area contributed by atoms with Gasteiger partial charge in [-0.05, 0) is 44.0 Å². The smallest absolute Gasteiger partial charge is 0.114 e. The van der Waals surface area contributed by atoms with Crippen molar-refractivity contribution in [2.45, 2.75) is 31.7 Å². The number of nitrogens with zero attached hydrogens (tertiary/aromatic N) is 3. The number of hydrogen-bond acceptors (Lipinski definition) is 4. The molecule has 0 radical (unpaired) electrons. The summed E-state index contributed by atoms with van der Waals surface area (Å²) in [6.07, 6.45) is 3.31. The average molecular weight is 298 g/mol. The van der Waals surface area contributed by atoms with Crippen molar-refractivity contribution in [2.24, 2.45) is 0 Å². The van der Waals surface area contributed by atoms with Gasteiger partial charge in [0.2, 0.25) is 0 Å². The maximum absolute atomic E-state index is 9.15. The molecule has 3 rings (SSSR count). The zero-order valence-electron chi connectivity index (χ0n) is 13.0. The summed E-state index contributed by atoms with van der Waals surface area (Å²) < 4.78 is 7.47. The van der Waals surface area contributed by atoms with Crippen LogP contribution >= 0.6 is 0 Å². The van der Waals surface area contributed by atoms with Crippen LogP contribution < -0.4 is 5.32 Å². The molecule has 1 atom stereocenters. The number of aryl methyl sites for hydroxylation is 1. The van der Waals surface area contributed by atoms with Crippen LogP contribution in [0.4, 0.5) is 0 Å². The van der Waals surface area contributed by atoms with Crippen molar-refractivity contribution in [3.8, 4) is 6.07 Å². The van der Waals surface area contributed by atoms with Crippen molar-refractivity contribution in [1.82, 2.24) is 14.9 Å². The third-order valence-electron chi connectivity index (χ3n) is 4.30. The third kappa shape index (κ3) is 2.99. The fourth-order valence-corrected chi connectivity index (χ4v) is 3.20. The summed E-state index contributed by atoms with van der Waals surface area (Å²) in [6.45, 7) is 3.70. The Balaban J connectivity index is 2.00. The molecule has 1 aliphatic rings. The molecule has 5 nitrogen and oxygen atoms in total. The molecule has 0 bridgehead atoms. The van der Waals surface area contributed by atoms with E-state index >= 15 is 0 Å². The minimum atomic E-state index is 0.453. The van der Waals surface area contributed by atoms with Crippen molar-refractivity contribution in [3.05, 3.63) is 29.6 Å². The van der Waals surface area contributed by atoms with E-state index in [0.717, 1.165) is 49.5 Å². The molecule has 0 saturated carbocycles. The second-order valence-corrected chi connectivity index (χ2v) is 5.83. The van der Waals surface area contributed by atoms with Crippen LogP contribution in [0.25, 0.3) is 11.0 Å². The normalized spacial score (nSPS) is 18.5. The van der Waals surface area contributed by atoms with E-state index in [2.05, 4.69) is 16.0 Å². The van der Waals surface area contributed by atoms with Crippen LogP contribution in [0.2, 0.25) is 0 Å². The molecule has 22 heavy (non-hydrogen) atoms. The van der Waals surface area contributed by atoms with E-state index in [9.17, 15) is 0 Å². The molecule has 1 fully saturated rings. The van der Waals surface area contributed by atoms with Crippen LogP contribution in [-0.4, -0.2) is 36.4 Å². The van der Waals surface area contributed by atoms with Crippen molar-refractivity contribution in [2.75, 3.05) is 26.8 Å². The van der Waals surface area contributed by atoms with E-state index in [-0.39, 0.29) is 0 Å². The predicted octanol–water partition coefficient (Wildman–Crippen LogP) is 2.41. The molecule has 1 N–H and O–H groups in total. The highest BCUT2D eigenvalue weighted by atomic mass is 16.5. The fourth-order valence-electron chi connectivity index (χ4n) is 3.20. The topological polar surface area (TPSA) is 62.9 Å². The highest BCUT2D eigenvalue weighted by molar-refractivity contribution is 5.78. The van der Waals surface area contributed by atoms with Gasteiger partial charge in [-0.15, -0.1) is 0 Å². The fraction of sp³-hybridized carbons (Fsp3) is 0.529. The monoisotopic (exact) mass is 298 g/mol. The number of nitrogens with one attached hydrogen (secondary N) is 1. The molecule has 1 aromatic heterocycles. The highest BCUT2D eigenvalue weighted by Crippen LogP contribution is 2.27. The number of imidazole rings is 1. The molecule has 0 unspecified atom stereocenters. The van der Waals surface area contributed by atoms with Gasteiger partial charge < -0.3 is 14.6 Å². The van der Waals surface area contributed by atoms with Gasteiger partial charge in [0.1, 0.15) is 5.82 Å². The summed E-state index contributed by atoms with van der Waals surface area (Å²) >= 11 is 0. The van der Waals surface area contributed by atoms with Gasteiger partial charge >= 0.3 is 0 Å². The second-order valence-electron chi connectivity index (χ2n) is 5.83. The first-order valence-electron chi connectivity index (χ1n) is 7.93. The van der Waals surface area contributed by atoms with Crippen LogP contribution in [0.5, 0.6) is 0 Å². The number of hydrogen-bond donors (Lipinski definition) is 1. The Morgan fingerprint density at radius 2 is 2.41 bits per heavy atom. The van der Waals surface area contributed by atoms with Gasteiger partial charge in [-0.1, -0.05) is 0 Å². The molecule has 1 aliphatic heterocycles. The van der Waals surface area contributed by atoms with Gasteiger partial charge in [-0.2, -0.15) is 5.26 Å². The van der Waals surface area contributed by atoms with Gasteiger partial charge in [0.25, 0.3) is 0 Å². The standard InChI is InChI=1S/C17H22N4O/c1-22-9-3-8-21-16-10-13(11-18)5-6-15(16)20-17(21)14-4-2-7-19-12-14/h5-6,10,14,19H,2-4,7-9,12H2,1H3/t14-/m1/s1. The van der Waals surface area contributed by atoms with Crippen LogP contribution in [0.15, 0.2) is 18.2 Å². The SMILES string of the molecule is COCCCn1c([C@@H]2CCCNC2)nc2ccc(C#N)cc21. The predicted molar refractivity (Wildman–Crippen MR) is 85.8 cm³/mol. The first kappa shape index (κ1) is 15.0.